The molecular weight excluding hydrogens is 194 g/mol. The fourth-order valence-corrected chi connectivity index (χ4v) is 4.31. The number of nitrogens with zero attached hydrogens (tertiary/aromatic N) is 1. The van der Waals surface area contributed by atoms with Gasteiger partial charge in [0.2, 0.25) is 0 Å². The molecule has 2 atom stereocenters. The van der Waals surface area contributed by atoms with Gasteiger partial charge in [0.15, 0.2) is 0 Å². The van der Waals surface area contributed by atoms with E-state index in [0.29, 0.717) is 10.8 Å². The molecule has 0 unspecified atom stereocenters. The third-order valence-electron chi connectivity index (χ3n) is 4.70. The molecule has 0 N–H and O–H groups in total. The Bertz CT molecular complexity index is 220. The van der Waals surface area contributed by atoms with Crippen molar-refractivity contribution in [2.45, 2.75) is 60.4 Å². The summed E-state index contributed by atoms with van der Waals surface area (Å²) in [6.45, 7) is 17.3. The predicted octanol–water partition coefficient (Wildman–Crippen LogP) is 3.79. The first-order valence-corrected chi connectivity index (χ1v) is 6.95. The zero-order valence-electron chi connectivity index (χ0n) is 12.0. The van der Waals surface area contributed by atoms with E-state index in [9.17, 15) is 0 Å². The standard InChI is InChI=1S/C15H29N/c1-14(2,3)12-11-7-9-16(10-8-11)13(12)15(4,5)6/h11-13H,7-10H2,1-6H3/t12-,13-/m1/s1. The van der Waals surface area contributed by atoms with Crippen molar-refractivity contribution >= 4 is 0 Å². The Balaban J connectivity index is 2.32. The first-order chi connectivity index (χ1) is 7.21. The van der Waals surface area contributed by atoms with E-state index in [2.05, 4.69) is 46.4 Å². The molecule has 3 aliphatic rings. The molecular formula is C15H29N. The molecule has 0 radical (unpaired) electrons. The van der Waals surface area contributed by atoms with Gasteiger partial charge in [-0.15, -0.1) is 0 Å². The molecule has 0 aromatic rings. The molecule has 0 aliphatic carbocycles. The maximum Gasteiger partial charge on any atom is 0.0180 e. The first-order valence-electron chi connectivity index (χ1n) is 6.95. The monoisotopic (exact) mass is 223 g/mol. The van der Waals surface area contributed by atoms with Crippen LogP contribution in [0.25, 0.3) is 0 Å². The number of piperidine rings is 3. The van der Waals surface area contributed by atoms with Crippen molar-refractivity contribution < 1.29 is 0 Å². The fourth-order valence-electron chi connectivity index (χ4n) is 4.31. The molecule has 1 nitrogen and oxygen atoms in total. The van der Waals surface area contributed by atoms with Crippen LogP contribution in [0.2, 0.25) is 0 Å². The molecule has 94 valence electrons. The van der Waals surface area contributed by atoms with Gasteiger partial charge in [-0.1, -0.05) is 41.5 Å². The quantitative estimate of drug-likeness (QED) is 0.604. The molecule has 1 heteroatoms. The summed E-state index contributed by atoms with van der Waals surface area (Å²) in [5.41, 5.74) is 0.888. The Kier molecular flexibility index (Phi) is 2.89. The van der Waals surface area contributed by atoms with Gasteiger partial charge in [0.1, 0.15) is 0 Å². The van der Waals surface area contributed by atoms with Crippen molar-refractivity contribution in [2.75, 3.05) is 13.1 Å². The molecule has 0 aromatic carbocycles. The summed E-state index contributed by atoms with van der Waals surface area (Å²) in [4.78, 5) is 2.77. The SMILES string of the molecule is CC(C)(C)[C@@H]1C2CCN(CC2)[C@H]1C(C)(C)C. The van der Waals surface area contributed by atoms with Crippen molar-refractivity contribution in [2.24, 2.45) is 22.7 Å². The largest absolute Gasteiger partial charge is 0.300 e. The molecule has 3 rings (SSSR count). The van der Waals surface area contributed by atoms with Crippen LogP contribution in [-0.4, -0.2) is 24.0 Å². The van der Waals surface area contributed by atoms with Crippen molar-refractivity contribution in [1.29, 1.82) is 0 Å². The topological polar surface area (TPSA) is 3.24 Å². The van der Waals surface area contributed by atoms with Gasteiger partial charge in [-0.2, -0.15) is 0 Å². The smallest absolute Gasteiger partial charge is 0.0180 e. The van der Waals surface area contributed by atoms with Crippen molar-refractivity contribution in [3.05, 3.63) is 0 Å². The highest BCUT2D eigenvalue weighted by molar-refractivity contribution is 5.03. The van der Waals surface area contributed by atoms with Gasteiger partial charge in [-0.05, 0) is 48.6 Å². The van der Waals surface area contributed by atoms with Gasteiger partial charge in [0.25, 0.3) is 0 Å². The number of hydrogen-bond donors (Lipinski definition) is 0. The lowest BCUT2D eigenvalue weighted by atomic mass is 9.57. The summed E-state index contributed by atoms with van der Waals surface area (Å²) in [5, 5.41) is 0. The molecule has 16 heavy (non-hydrogen) atoms. The molecule has 0 aromatic heterocycles. The van der Waals surface area contributed by atoms with Gasteiger partial charge in [0.05, 0.1) is 0 Å². The molecule has 3 heterocycles. The molecule has 0 saturated carbocycles. The van der Waals surface area contributed by atoms with Gasteiger partial charge >= 0.3 is 0 Å². The summed E-state index contributed by atoms with van der Waals surface area (Å²) in [6, 6.07) is 0.792. The molecule has 3 aliphatic heterocycles. The predicted molar refractivity (Wildman–Crippen MR) is 70.5 cm³/mol. The minimum absolute atomic E-state index is 0.428. The fraction of sp³-hybridized carbons (Fsp3) is 1.00. The summed E-state index contributed by atoms with van der Waals surface area (Å²) in [5.74, 6) is 1.87. The van der Waals surface area contributed by atoms with Crippen LogP contribution in [0.1, 0.15) is 54.4 Å². The second kappa shape index (κ2) is 3.73. The summed E-state index contributed by atoms with van der Waals surface area (Å²) in [6.07, 6.45) is 2.88. The van der Waals surface area contributed by atoms with Crippen molar-refractivity contribution in [1.82, 2.24) is 4.90 Å². The lowest BCUT2D eigenvalue weighted by Crippen LogP contribution is -2.62. The molecule has 0 amide bonds. The zero-order chi connectivity index (χ0) is 12.1. The van der Waals surface area contributed by atoms with Crippen LogP contribution in [0.5, 0.6) is 0 Å². The summed E-state index contributed by atoms with van der Waals surface area (Å²) < 4.78 is 0. The minimum Gasteiger partial charge on any atom is -0.300 e. The maximum absolute atomic E-state index is 2.77. The van der Waals surface area contributed by atoms with E-state index >= 15 is 0 Å². The second-order valence-corrected chi connectivity index (χ2v) is 8.08. The number of hydrogen-bond acceptors (Lipinski definition) is 1. The van der Waals surface area contributed by atoms with Gasteiger partial charge < -0.3 is 0 Å². The normalized spacial score (nSPS) is 40.1. The Hall–Kier alpha value is -0.0400. The van der Waals surface area contributed by atoms with E-state index in [1.807, 2.05) is 0 Å². The van der Waals surface area contributed by atoms with Crippen LogP contribution in [-0.2, 0) is 0 Å². The second-order valence-electron chi connectivity index (χ2n) is 8.08. The van der Waals surface area contributed by atoms with E-state index in [1.54, 1.807) is 0 Å². The van der Waals surface area contributed by atoms with Crippen molar-refractivity contribution in [3.63, 3.8) is 0 Å². The Morgan fingerprint density at radius 2 is 1.31 bits per heavy atom. The third kappa shape index (κ3) is 2.03. The summed E-state index contributed by atoms with van der Waals surface area (Å²) >= 11 is 0. The number of fused-ring (bicyclic) bond motifs is 3. The van der Waals surface area contributed by atoms with Gasteiger partial charge in [-0.3, -0.25) is 4.90 Å². The maximum atomic E-state index is 2.77. The Morgan fingerprint density at radius 1 is 0.812 bits per heavy atom. The molecule has 3 saturated heterocycles. The lowest BCUT2D eigenvalue weighted by molar-refractivity contribution is -0.101. The van der Waals surface area contributed by atoms with Crippen LogP contribution < -0.4 is 0 Å². The van der Waals surface area contributed by atoms with E-state index in [4.69, 9.17) is 0 Å². The minimum atomic E-state index is 0.428. The van der Waals surface area contributed by atoms with Gasteiger partial charge in [-0.25, -0.2) is 0 Å². The summed E-state index contributed by atoms with van der Waals surface area (Å²) in [7, 11) is 0. The van der Waals surface area contributed by atoms with Crippen LogP contribution in [0.3, 0.4) is 0 Å². The van der Waals surface area contributed by atoms with E-state index in [0.717, 1.165) is 17.9 Å². The highest BCUT2D eigenvalue weighted by Gasteiger charge is 2.50. The third-order valence-corrected chi connectivity index (χ3v) is 4.70. The van der Waals surface area contributed by atoms with Crippen LogP contribution in [0, 0.1) is 22.7 Å². The highest BCUT2D eigenvalue weighted by atomic mass is 15.2. The van der Waals surface area contributed by atoms with Gasteiger partial charge in [0, 0.05) is 6.04 Å². The molecule has 3 fully saturated rings. The van der Waals surface area contributed by atoms with Crippen LogP contribution in [0.4, 0.5) is 0 Å². The van der Waals surface area contributed by atoms with Crippen molar-refractivity contribution in [3.8, 4) is 0 Å². The van der Waals surface area contributed by atoms with Crippen LogP contribution >= 0.6 is 0 Å². The average molecular weight is 223 g/mol. The zero-order valence-corrected chi connectivity index (χ0v) is 12.0. The first kappa shape index (κ1) is 12.4. The van der Waals surface area contributed by atoms with Crippen LogP contribution in [0.15, 0.2) is 0 Å². The van der Waals surface area contributed by atoms with E-state index < -0.39 is 0 Å². The van der Waals surface area contributed by atoms with E-state index in [1.165, 1.54) is 25.9 Å². The lowest BCUT2D eigenvalue weighted by Gasteiger charge is -2.59. The Morgan fingerprint density at radius 3 is 1.62 bits per heavy atom. The molecule has 2 bridgehead atoms. The molecule has 0 spiro atoms. The highest BCUT2D eigenvalue weighted by Crippen LogP contribution is 2.51. The Labute approximate surface area is 102 Å². The number of rotatable bonds is 0. The average Bonchev–Trinajstić information content (AvgIpc) is 2.15. The van der Waals surface area contributed by atoms with E-state index in [-0.39, 0.29) is 0 Å².